The minimum Gasteiger partial charge on any atom is -0.329 e. The molecule has 2 N–H and O–H groups in total. The lowest BCUT2D eigenvalue weighted by atomic mass is 9.92. The van der Waals surface area contributed by atoms with E-state index in [4.69, 9.17) is 17.3 Å². The summed E-state index contributed by atoms with van der Waals surface area (Å²) in [6, 6.07) is 5.18. The summed E-state index contributed by atoms with van der Waals surface area (Å²) in [5.41, 5.74) is 6.41. The molecule has 1 aliphatic rings. The molecule has 0 aromatic heterocycles. The highest BCUT2D eigenvalue weighted by atomic mass is 35.5. The average Bonchev–Trinajstić information content (AvgIpc) is 2.35. The molecule has 18 heavy (non-hydrogen) atoms. The molecule has 0 amide bonds. The predicted molar refractivity (Wildman–Crippen MR) is 73.1 cm³/mol. The van der Waals surface area contributed by atoms with E-state index in [0.29, 0.717) is 35.6 Å². The molecule has 0 aliphatic carbocycles. The van der Waals surface area contributed by atoms with Crippen molar-refractivity contribution in [2.24, 2.45) is 11.7 Å². The molecule has 4 heteroatoms. The maximum absolute atomic E-state index is 13.8. The van der Waals surface area contributed by atoms with E-state index in [1.54, 1.807) is 12.1 Å². The molecular weight excluding hydrogens is 251 g/mol. The van der Waals surface area contributed by atoms with Gasteiger partial charge in [-0.3, -0.25) is 4.90 Å². The van der Waals surface area contributed by atoms with Crippen LogP contribution in [0.5, 0.6) is 0 Å². The number of hydrogen-bond acceptors (Lipinski definition) is 2. The van der Waals surface area contributed by atoms with E-state index in [2.05, 4.69) is 11.8 Å². The molecule has 1 heterocycles. The normalized spacial score (nSPS) is 25.3. The quantitative estimate of drug-likeness (QED) is 0.915. The summed E-state index contributed by atoms with van der Waals surface area (Å²) in [4.78, 5) is 2.25. The monoisotopic (exact) mass is 270 g/mol. The fraction of sp³-hybridized carbons (Fsp3) is 0.571. The molecule has 2 nitrogen and oxygen atoms in total. The number of rotatable bonds is 3. The van der Waals surface area contributed by atoms with Crippen molar-refractivity contribution in [3.63, 3.8) is 0 Å². The van der Waals surface area contributed by atoms with E-state index in [1.807, 2.05) is 0 Å². The van der Waals surface area contributed by atoms with Gasteiger partial charge in [-0.1, -0.05) is 24.6 Å². The van der Waals surface area contributed by atoms with Gasteiger partial charge in [0.1, 0.15) is 5.82 Å². The third-order valence-electron chi connectivity index (χ3n) is 3.79. The second-order valence-corrected chi connectivity index (χ2v) is 5.60. The van der Waals surface area contributed by atoms with Crippen LogP contribution in [-0.2, 0) is 6.54 Å². The van der Waals surface area contributed by atoms with Crippen molar-refractivity contribution in [1.82, 2.24) is 4.90 Å². The number of piperidine rings is 1. The highest BCUT2D eigenvalue weighted by Gasteiger charge is 2.26. The summed E-state index contributed by atoms with van der Waals surface area (Å²) in [5, 5.41) is 0.504. The molecule has 1 aromatic rings. The molecule has 2 unspecified atom stereocenters. The van der Waals surface area contributed by atoms with Gasteiger partial charge in [0.2, 0.25) is 0 Å². The van der Waals surface area contributed by atoms with E-state index in [0.717, 1.165) is 19.4 Å². The highest BCUT2D eigenvalue weighted by Crippen LogP contribution is 2.27. The van der Waals surface area contributed by atoms with Crippen LogP contribution in [0.25, 0.3) is 0 Å². The first-order valence-electron chi connectivity index (χ1n) is 6.48. The maximum atomic E-state index is 13.8. The smallest absolute Gasteiger partial charge is 0.129 e. The number of likely N-dealkylation sites (tertiary alicyclic amines) is 1. The third kappa shape index (κ3) is 3.02. The molecule has 0 spiro atoms. The van der Waals surface area contributed by atoms with E-state index < -0.39 is 0 Å². The van der Waals surface area contributed by atoms with Gasteiger partial charge in [-0.25, -0.2) is 4.39 Å². The zero-order chi connectivity index (χ0) is 13.1. The fourth-order valence-electron chi connectivity index (χ4n) is 2.64. The number of hydrogen-bond donors (Lipinski definition) is 1. The van der Waals surface area contributed by atoms with Crippen molar-refractivity contribution in [3.8, 4) is 0 Å². The second-order valence-electron chi connectivity index (χ2n) is 5.19. The molecule has 1 aliphatic heterocycles. The summed E-state index contributed by atoms with van der Waals surface area (Å²) >= 11 is 6.07. The first-order valence-corrected chi connectivity index (χ1v) is 6.86. The van der Waals surface area contributed by atoms with Crippen LogP contribution in [-0.4, -0.2) is 24.0 Å². The van der Waals surface area contributed by atoms with Gasteiger partial charge in [-0.15, -0.1) is 0 Å². The Morgan fingerprint density at radius 2 is 2.28 bits per heavy atom. The van der Waals surface area contributed by atoms with Crippen molar-refractivity contribution in [3.05, 3.63) is 34.6 Å². The summed E-state index contributed by atoms with van der Waals surface area (Å²) in [6.07, 6.45) is 2.23. The Balaban J connectivity index is 2.12. The molecule has 0 bridgehead atoms. The zero-order valence-corrected chi connectivity index (χ0v) is 11.5. The van der Waals surface area contributed by atoms with Crippen molar-refractivity contribution in [1.29, 1.82) is 0 Å². The van der Waals surface area contributed by atoms with Gasteiger partial charge in [-0.2, -0.15) is 0 Å². The SMILES string of the molecule is CC1CCN(Cc2c(F)cccc2Cl)C(CN)C1. The van der Waals surface area contributed by atoms with Gasteiger partial charge in [0.15, 0.2) is 0 Å². The zero-order valence-electron chi connectivity index (χ0n) is 10.7. The molecule has 1 saturated heterocycles. The predicted octanol–water partition coefficient (Wildman–Crippen LogP) is 3.04. The number of nitrogens with two attached hydrogens (primary N) is 1. The number of halogens is 2. The Morgan fingerprint density at radius 1 is 1.50 bits per heavy atom. The largest absolute Gasteiger partial charge is 0.329 e. The number of nitrogens with zero attached hydrogens (tertiary/aromatic N) is 1. The van der Waals surface area contributed by atoms with E-state index in [1.165, 1.54) is 6.07 Å². The second kappa shape index (κ2) is 6.00. The van der Waals surface area contributed by atoms with Crippen molar-refractivity contribution in [2.75, 3.05) is 13.1 Å². The minimum absolute atomic E-state index is 0.225. The van der Waals surface area contributed by atoms with Gasteiger partial charge in [0.05, 0.1) is 0 Å². The van der Waals surface area contributed by atoms with Gasteiger partial charge < -0.3 is 5.73 Å². The fourth-order valence-corrected chi connectivity index (χ4v) is 2.86. The van der Waals surface area contributed by atoms with E-state index in [9.17, 15) is 4.39 Å². The molecule has 2 rings (SSSR count). The highest BCUT2D eigenvalue weighted by molar-refractivity contribution is 6.31. The van der Waals surface area contributed by atoms with Gasteiger partial charge in [-0.05, 0) is 37.4 Å². The minimum atomic E-state index is -0.225. The molecule has 1 fully saturated rings. The van der Waals surface area contributed by atoms with Crippen LogP contribution in [0.2, 0.25) is 5.02 Å². The summed E-state index contributed by atoms with van der Waals surface area (Å²) < 4.78 is 13.8. The van der Waals surface area contributed by atoms with Gasteiger partial charge in [0, 0.05) is 29.7 Å². The molecule has 100 valence electrons. The lowest BCUT2D eigenvalue weighted by Gasteiger charge is -2.38. The van der Waals surface area contributed by atoms with Crippen molar-refractivity contribution in [2.45, 2.75) is 32.4 Å². The topological polar surface area (TPSA) is 29.3 Å². The van der Waals surface area contributed by atoms with Crippen molar-refractivity contribution >= 4 is 11.6 Å². The molecule has 0 saturated carbocycles. The Labute approximate surface area is 113 Å². The summed E-state index contributed by atoms with van der Waals surface area (Å²) in [7, 11) is 0. The lowest BCUT2D eigenvalue weighted by molar-refractivity contribution is 0.114. The van der Waals surface area contributed by atoms with E-state index in [-0.39, 0.29) is 5.82 Å². The Hall–Kier alpha value is -0.640. The molecule has 1 aromatic carbocycles. The summed E-state index contributed by atoms with van der Waals surface area (Å²) in [5.74, 6) is 0.475. The maximum Gasteiger partial charge on any atom is 0.129 e. The first kappa shape index (κ1) is 13.8. The van der Waals surface area contributed by atoms with Crippen LogP contribution in [0.15, 0.2) is 18.2 Å². The van der Waals surface area contributed by atoms with Crippen molar-refractivity contribution < 1.29 is 4.39 Å². The average molecular weight is 271 g/mol. The third-order valence-corrected chi connectivity index (χ3v) is 4.15. The Morgan fingerprint density at radius 3 is 2.94 bits per heavy atom. The van der Waals surface area contributed by atoms with Crippen LogP contribution in [0.1, 0.15) is 25.3 Å². The van der Waals surface area contributed by atoms with Crippen LogP contribution >= 0.6 is 11.6 Å². The number of benzene rings is 1. The van der Waals surface area contributed by atoms with Crippen LogP contribution < -0.4 is 5.73 Å². The summed E-state index contributed by atoms with van der Waals surface area (Å²) in [6.45, 7) is 4.39. The van der Waals surface area contributed by atoms with E-state index >= 15 is 0 Å². The molecular formula is C14H20ClFN2. The Kier molecular flexibility index (Phi) is 4.60. The Bertz CT molecular complexity index is 391. The lowest BCUT2D eigenvalue weighted by Crippen LogP contribution is -2.45. The molecule has 2 atom stereocenters. The van der Waals surface area contributed by atoms with Crippen LogP contribution in [0.4, 0.5) is 4.39 Å². The van der Waals surface area contributed by atoms with Crippen LogP contribution in [0, 0.1) is 11.7 Å². The molecule has 0 radical (unpaired) electrons. The van der Waals surface area contributed by atoms with Gasteiger partial charge in [0.25, 0.3) is 0 Å². The first-order chi connectivity index (χ1) is 8.61. The van der Waals surface area contributed by atoms with Crippen LogP contribution in [0.3, 0.4) is 0 Å². The standard InChI is InChI=1S/C14H20ClFN2/c1-10-5-6-18(11(7-10)8-17)9-12-13(15)3-2-4-14(12)16/h2-4,10-11H,5-9,17H2,1H3. The van der Waals surface area contributed by atoms with Gasteiger partial charge >= 0.3 is 0 Å².